The van der Waals surface area contributed by atoms with Crippen LogP contribution in [0, 0.1) is 5.92 Å². The number of dihydropyridines is 1. The second-order valence-corrected chi connectivity index (χ2v) is 7.79. The molecule has 1 saturated carbocycles. The number of likely N-dealkylation sites (N-methyl/N-ethyl adjacent to an activating group) is 2. The number of aliphatic imine (C=N–C) groups is 2. The molecule has 0 radical (unpaired) electrons. The third-order valence-corrected chi connectivity index (χ3v) is 5.75. The van der Waals surface area contributed by atoms with Gasteiger partial charge in [0.1, 0.15) is 0 Å². The zero-order valence-electron chi connectivity index (χ0n) is 17.1. The SMILES string of the molecule is CN=CC1=C(C=NCC2=CC(C)=C(CC3CCC3)N(C)C2)C(NC)C=CN1. The average molecular weight is 368 g/mol. The van der Waals surface area contributed by atoms with E-state index in [0.29, 0.717) is 0 Å². The minimum atomic E-state index is 0.154. The Labute approximate surface area is 163 Å². The number of hydrogen-bond acceptors (Lipinski definition) is 5. The summed E-state index contributed by atoms with van der Waals surface area (Å²) >= 11 is 0. The summed E-state index contributed by atoms with van der Waals surface area (Å²) in [6.07, 6.45) is 15.7. The zero-order chi connectivity index (χ0) is 19.2. The van der Waals surface area contributed by atoms with Crippen LogP contribution in [0.3, 0.4) is 0 Å². The van der Waals surface area contributed by atoms with Gasteiger partial charge in [-0.05, 0) is 49.7 Å². The monoisotopic (exact) mass is 367 g/mol. The Bertz CT molecular complexity index is 719. The number of hydrogen-bond donors (Lipinski definition) is 2. The lowest BCUT2D eigenvalue weighted by atomic mass is 9.81. The van der Waals surface area contributed by atoms with E-state index in [0.717, 1.165) is 30.3 Å². The molecular formula is C22H33N5. The molecule has 2 aliphatic heterocycles. The van der Waals surface area contributed by atoms with Gasteiger partial charge in [0.25, 0.3) is 0 Å². The molecule has 0 amide bonds. The van der Waals surface area contributed by atoms with Crippen LogP contribution in [0.2, 0.25) is 0 Å². The Kier molecular flexibility index (Phi) is 6.67. The average Bonchev–Trinajstić information content (AvgIpc) is 2.61. The number of nitrogens with one attached hydrogen (secondary N) is 2. The van der Waals surface area contributed by atoms with E-state index in [-0.39, 0.29) is 6.04 Å². The zero-order valence-corrected chi connectivity index (χ0v) is 17.1. The second-order valence-electron chi connectivity index (χ2n) is 7.79. The standard InChI is InChI=1S/C22H33N5/c1-16-10-18(15-27(4)22(16)11-17-6-5-7-17)12-25-13-19-20(24-3)8-9-26-21(19)14-23-2/h8-10,13-14,17,20,24,26H,5-7,11-12,15H2,1-4H3. The molecule has 2 heterocycles. The van der Waals surface area contributed by atoms with E-state index in [2.05, 4.69) is 46.6 Å². The molecule has 0 aromatic heterocycles. The fourth-order valence-corrected chi connectivity index (χ4v) is 4.01. The van der Waals surface area contributed by atoms with Crippen molar-refractivity contribution in [2.75, 3.05) is 34.2 Å². The van der Waals surface area contributed by atoms with Crippen molar-refractivity contribution in [1.82, 2.24) is 15.5 Å². The lowest BCUT2D eigenvalue weighted by Crippen LogP contribution is -2.33. The molecule has 146 valence electrons. The molecule has 0 saturated heterocycles. The largest absolute Gasteiger partial charge is 0.374 e. The Morgan fingerprint density at radius 3 is 2.78 bits per heavy atom. The highest BCUT2D eigenvalue weighted by atomic mass is 15.1. The maximum Gasteiger partial charge on any atom is 0.0628 e. The summed E-state index contributed by atoms with van der Waals surface area (Å²) in [5, 5.41) is 6.57. The second kappa shape index (κ2) is 9.18. The van der Waals surface area contributed by atoms with Crippen molar-refractivity contribution in [1.29, 1.82) is 0 Å². The summed E-state index contributed by atoms with van der Waals surface area (Å²) < 4.78 is 0. The number of nitrogens with zero attached hydrogens (tertiary/aromatic N) is 3. The fourth-order valence-electron chi connectivity index (χ4n) is 4.01. The van der Waals surface area contributed by atoms with Gasteiger partial charge < -0.3 is 15.5 Å². The molecule has 2 N–H and O–H groups in total. The van der Waals surface area contributed by atoms with Crippen LogP contribution >= 0.6 is 0 Å². The van der Waals surface area contributed by atoms with Crippen molar-refractivity contribution in [2.45, 2.75) is 38.6 Å². The van der Waals surface area contributed by atoms with E-state index < -0.39 is 0 Å². The van der Waals surface area contributed by atoms with Crippen LogP contribution in [-0.4, -0.2) is 57.6 Å². The first kappa shape index (κ1) is 19.6. The summed E-state index contributed by atoms with van der Waals surface area (Å²) in [7, 11) is 5.97. The van der Waals surface area contributed by atoms with E-state index in [1.807, 2.05) is 25.7 Å². The Morgan fingerprint density at radius 2 is 2.15 bits per heavy atom. The Hall–Kier alpha value is -2.14. The minimum Gasteiger partial charge on any atom is -0.374 e. The van der Waals surface area contributed by atoms with Crippen LogP contribution in [0.25, 0.3) is 0 Å². The predicted molar refractivity (Wildman–Crippen MR) is 115 cm³/mol. The number of rotatable bonds is 7. The van der Waals surface area contributed by atoms with Crippen LogP contribution in [-0.2, 0) is 0 Å². The normalized spacial score (nSPS) is 24.1. The van der Waals surface area contributed by atoms with Crippen LogP contribution in [0.5, 0.6) is 0 Å². The molecule has 5 heteroatoms. The van der Waals surface area contributed by atoms with Gasteiger partial charge in [-0.2, -0.15) is 0 Å². The summed E-state index contributed by atoms with van der Waals surface area (Å²) in [4.78, 5) is 11.3. The molecule has 1 unspecified atom stereocenters. The van der Waals surface area contributed by atoms with Gasteiger partial charge in [-0.15, -0.1) is 0 Å². The van der Waals surface area contributed by atoms with Crippen molar-refractivity contribution >= 4 is 12.4 Å². The van der Waals surface area contributed by atoms with E-state index in [1.54, 1.807) is 7.05 Å². The molecule has 0 bridgehead atoms. The first-order chi connectivity index (χ1) is 13.1. The maximum absolute atomic E-state index is 4.76. The molecule has 0 spiro atoms. The highest BCUT2D eigenvalue weighted by molar-refractivity contribution is 5.93. The van der Waals surface area contributed by atoms with Gasteiger partial charge in [0.05, 0.1) is 18.3 Å². The van der Waals surface area contributed by atoms with Gasteiger partial charge in [0.2, 0.25) is 0 Å². The molecular weight excluding hydrogens is 334 g/mol. The van der Waals surface area contributed by atoms with E-state index >= 15 is 0 Å². The van der Waals surface area contributed by atoms with Gasteiger partial charge in [-0.25, -0.2) is 0 Å². The van der Waals surface area contributed by atoms with Crippen LogP contribution < -0.4 is 10.6 Å². The Balaban J connectivity index is 1.69. The first-order valence-electron chi connectivity index (χ1n) is 9.99. The lowest BCUT2D eigenvalue weighted by molar-refractivity contribution is 0.282. The van der Waals surface area contributed by atoms with Crippen molar-refractivity contribution in [3.05, 3.63) is 46.5 Å². The molecule has 1 atom stereocenters. The molecule has 3 rings (SSSR count). The molecule has 0 aromatic carbocycles. The lowest BCUT2D eigenvalue weighted by Gasteiger charge is -2.34. The summed E-state index contributed by atoms with van der Waals surface area (Å²) in [5.74, 6) is 0.904. The highest BCUT2D eigenvalue weighted by Gasteiger charge is 2.23. The van der Waals surface area contributed by atoms with E-state index in [4.69, 9.17) is 4.99 Å². The van der Waals surface area contributed by atoms with Crippen molar-refractivity contribution in [3.63, 3.8) is 0 Å². The predicted octanol–water partition coefficient (Wildman–Crippen LogP) is 3.05. The van der Waals surface area contributed by atoms with Crippen LogP contribution in [0.15, 0.2) is 56.5 Å². The molecule has 0 aromatic rings. The topological polar surface area (TPSA) is 52.0 Å². The van der Waals surface area contributed by atoms with Gasteiger partial charge in [-0.3, -0.25) is 9.98 Å². The third-order valence-electron chi connectivity index (χ3n) is 5.75. The highest BCUT2D eigenvalue weighted by Crippen LogP contribution is 2.35. The maximum atomic E-state index is 4.76. The van der Waals surface area contributed by atoms with Gasteiger partial charge in [0.15, 0.2) is 0 Å². The van der Waals surface area contributed by atoms with Gasteiger partial charge in [0, 0.05) is 44.3 Å². The quantitative estimate of drug-likeness (QED) is 0.680. The summed E-state index contributed by atoms with van der Waals surface area (Å²) in [6, 6.07) is 0.154. The van der Waals surface area contributed by atoms with E-state index in [1.165, 1.54) is 42.5 Å². The van der Waals surface area contributed by atoms with Crippen LogP contribution in [0.1, 0.15) is 32.6 Å². The Morgan fingerprint density at radius 1 is 1.33 bits per heavy atom. The summed E-state index contributed by atoms with van der Waals surface area (Å²) in [6.45, 7) is 3.96. The fraction of sp³-hybridized carbons (Fsp3) is 0.545. The molecule has 3 aliphatic rings. The summed E-state index contributed by atoms with van der Waals surface area (Å²) in [5.41, 5.74) is 6.42. The molecule has 1 aliphatic carbocycles. The third kappa shape index (κ3) is 4.78. The molecule has 5 nitrogen and oxygen atoms in total. The van der Waals surface area contributed by atoms with Crippen molar-refractivity contribution < 1.29 is 0 Å². The number of allylic oxidation sites excluding steroid dienone is 4. The smallest absolute Gasteiger partial charge is 0.0628 e. The van der Waals surface area contributed by atoms with Gasteiger partial charge in [-0.1, -0.05) is 25.3 Å². The molecule has 27 heavy (non-hydrogen) atoms. The first-order valence-corrected chi connectivity index (χ1v) is 9.99. The molecule has 1 fully saturated rings. The van der Waals surface area contributed by atoms with Crippen molar-refractivity contribution in [2.24, 2.45) is 15.9 Å². The van der Waals surface area contributed by atoms with Crippen LogP contribution in [0.4, 0.5) is 0 Å². The minimum absolute atomic E-state index is 0.154. The van der Waals surface area contributed by atoms with E-state index in [9.17, 15) is 0 Å². The van der Waals surface area contributed by atoms with Crippen molar-refractivity contribution in [3.8, 4) is 0 Å². The van der Waals surface area contributed by atoms with Gasteiger partial charge >= 0.3 is 0 Å².